The lowest BCUT2D eigenvalue weighted by Crippen LogP contribution is -2.62. The number of esters is 1. The number of nitrogen functional groups attached to an aromatic ring is 1. The molecule has 0 aliphatic carbocycles. The van der Waals surface area contributed by atoms with Crippen LogP contribution in [-0.2, 0) is 120 Å². The summed E-state index contributed by atoms with van der Waals surface area (Å²) in [6.45, 7) is -1.32. The van der Waals surface area contributed by atoms with Crippen LogP contribution in [-0.4, -0.2) is 265 Å². The zero-order valence-electron chi connectivity index (χ0n) is 69.2. The Hall–Kier alpha value is -14.7. The summed E-state index contributed by atoms with van der Waals surface area (Å²) in [6.07, 6.45) is -7.99. The largest absolute Gasteiger partial charge is 0.481 e. The number of hydrogen-bond donors (Lipinski definition) is 24. The number of anilines is 1. The summed E-state index contributed by atoms with van der Waals surface area (Å²) in [7, 11) is 0. The Labute approximate surface area is 742 Å². The SMILES string of the molecule is CC1NC(=O)C(CC(=O)O)NC(=O)C(CCCNC(=O)C(N)Cc2c[nH]c3ccccc23)NC(=O)CNC(=O)C(NC(=O)C(CC(=O)O)NC(=O)C(CC(N)=O)NC(=O)C(Cc2c[nH]c3ccccc23)NC(=O)Cc2ccc(Cl)cc2Cl)C(C)OC(=O)C(CC(=O)c2ccccc2N)NC(=O)C(C(C)CC(=O)O)NC(=O)C(CO)NC(=O)CNC(=O)C(CC(=O)O)NC1=O. The highest BCUT2D eigenvalue weighted by Crippen LogP contribution is 2.25. The van der Waals surface area contributed by atoms with Crippen LogP contribution < -0.4 is 91.6 Å². The number of carboxylic acids is 4. The molecule has 2 aromatic heterocycles. The van der Waals surface area contributed by atoms with Gasteiger partial charge < -0.3 is 132 Å². The quantitative estimate of drug-likeness (QED) is 0.00794. The minimum atomic E-state index is -2.53. The Morgan fingerprint density at radius 3 is 1.64 bits per heavy atom. The van der Waals surface area contributed by atoms with Gasteiger partial charge in [0.15, 0.2) is 5.78 Å². The number of aliphatic carboxylic acids is 4. The zero-order chi connectivity index (χ0) is 95.2. The first-order valence-corrected chi connectivity index (χ1v) is 40.5. The molecular formula is C81H97Cl2N19O27. The van der Waals surface area contributed by atoms with Crippen molar-refractivity contribution in [3.63, 3.8) is 0 Å². The normalized spacial score (nSPS) is 20.4. The topological polar surface area (TPSA) is 747 Å². The molecule has 1 aliphatic heterocycles. The number of carboxylic acid groups (broad SMARTS) is 4. The number of primary amides is 1. The lowest BCUT2D eigenvalue weighted by molar-refractivity contribution is -0.156. The van der Waals surface area contributed by atoms with Gasteiger partial charge in [-0.05, 0) is 92.1 Å². The monoisotopic (exact) mass is 1840 g/mol. The number of benzene rings is 4. The minimum Gasteiger partial charge on any atom is -0.481 e. The van der Waals surface area contributed by atoms with Crippen LogP contribution in [0.4, 0.5) is 5.69 Å². The highest BCUT2D eigenvalue weighted by molar-refractivity contribution is 6.35. The van der Waals surface area contributed by atoms with Gasteiger partial charge in [0.2, 0.25) is 88.6 Å². The van der Waals surface area contributed by atoms with Gasteiger partial charge in [-0.25, -0.2) is 4.79 Å². The maximum absolute atomic E-state index is 15.0. The predicted octanol–water partition coefficient (Wildman–Crippen LogP) is -5.00. The van der Waals surface area contributed by atoms with Gasteiger partial charge in [0.05, 0.1) is 64.3 Å². The highest BCUT2D eigenvalue weighted by atomic mass is 35.5. The number of Topliss-reactive ketones (excluding diaryl/α,β-unsaturated/α-hetero) is 1. The molecular weight excluding hydrogens is 1740 g/mol. The number of aliphatic hydroxyl groups excluding tert-OH is 1. The lowest BCUT2D eigenvalue weighted by Gasteiger charge is -2.30. The second-order valence-electron chi connectivity index (χ2n) is 30.0. The number of aromatic nitrogens is 2. The number of aliphatic hydroxyl groups is 1. The Balaban J connectivity index is 1.28. The molecule has 0 radical (unpaired) electrons. The first-order chi connectivity index (χ1) is 61.0. The maximum Gasteiger partial charge on any atom is 0.329 e. The summed E-state index contributed by atoms with van der Waals surface area (Å²) in [5, 5.41) is 82.7. The van der Waals surface area contributed by atoms with Crippen LogP contribution in [0.25, 0.3) is 21.8 Å². The van der Waals surface area contributed by atoms with Crippen LogP contribution in [0.3, 0.4) is 0 Å². The fourth-order valence-corrected chi connectivity index (χ4v) is 13.7. The van der Waals surface area contributed by atoms with Crippen molar-refractivity contribution >= 4 is 175 Å². The van der Waals surface area contributed by atoms with Crippen molar-refractivity contribution in [1.82, 2.24) is 84.4 Å². The van der Waals surface area contributed by atoms with Gasteiger partial charge >= 0.3 is 29.8 Å². The number of hydrogen-bond acceptors (Lipinski definition) is 25. The van der Waals surface area contributed by atoms with E-state index in [1.54, 1.807) is 54.7 Å². The molecule has 46 nitrogen and oxygen atoms in total. The van der Waals surface area contributed by atoms with Gasteiger partial charge in [-0.3, -0.25) is 95.9 Å². The molecule has 692 valence electrons. The van der Waals surface area contributed by atoms with Crippen LogP contribution in [0.2, 0.25) is 10.0 Å². The van der Waals surface area contributed by atoms with Crippen molar-refractivity contribution in [2.45, 2.75) is 170 Å². The first kappa shape index (κ1) is 101. The molecule has 129 heavy (non-hydrogen) atoms. The molecule has 0 spiro atoms. The van der Waals surface area contributed by atoms with Crippen molar-refractivity contribution in [3.8, 4) is 0 Å². The number of H-pyrrole nitrogens is 2. The third kappa shape index (κ3) is 31.2. The average Bonchev–Trinajstić information content (AvgIpc) is 1.74. The number of carbonyl (C=O) groups excluding carboxylic acids is 17. The van der Waals surface area contributed by atoms with E-state index in [0.29, 0.717) is 22.0 Å². The van der Waals surface area contributed by atoms with Crippen molar-refractivity contribution in [2.75, 3.05) is 32.0 Å². The Kier molecular flexibility index (Phi) is 37.9. The van der Waals surface area contributed by atoms with Crippen LogP contribution in [0.5, 0.6) is 0 Å². The number of amides is 15. The minimum absolute atomic E-state index is 0.0142. The fraction of sp³-hybridized carbons (Fsp3) is 0.395. The van der Waals surface area contributed by atoms with E-state index in [4.69, 9.17) is 45.1 Å². The maximum atomic E-state index is 15.0. The van der Waals surface area contributed by atoms with Crippen molar-refractivity contribution in [1.29, 1.82) is 0 Å². The average molecular weight is 1840 g/mol. The first-order valence-electron chi connectivity index (χ1n) is 39.8. The van der Waals surface area contributed by atoms with Gasteiger partial charge in [-0.15, -0.1) is 0 Å². The van der Waals surface area contributed by atoms with Crippen molar-refractivity contribution in [2.24, 2.45) is 17.4 Å². The van der Waals surface area contributed by atoms with Crippen LogP contribution in [0.1, 0.15) is 99.2 Å². The van der Waals surface area contributed by atoms with E-state index in [1.165, 1.54) is 48.7 Å². The highest BCUT2D eigenvalue weighted by Gasteiger charge is 2.42. The summed E-state index contributed by atoms with van der Waals surface area (Å²) in [5.74, 6) is -31.7. The number of cyclic esters (lactones) is 1. The number of fused-ring (bicyclic) bond motifs is 2. The van der Waals surface area contributed by atoms with E-state index in [9.17, 15) is 117 Å². The molecule has 0 bridgehead atoms. The molecule has 3 heterocycles. The number of aromatic amines is 2. The molecule has 7 rings (SSSR count). The smallest absolute Gasteiger partial charge is 0.329 e. The van der Waals surface area contributed by atoms with Crippen LogP contribution >= 0.6 is 23.2 Å². The Morgan fingerprint density at radius 2 is 1.05 bits per heavy atom. The van der Waals surface area contributed by atoms with Gasteiger partial charge in [0.25, 0.3) is 0 Å². The van der Waals surface area contributed by atoms with Gasteiger partial charge in [0, 0.05) is 74.9 Å². The molecule has 6 aromatic rings. The lowest BCUT2D eigenvalue weighted by atomic mass is 9.96. The van der Waals surface area contributed by atoms with Crippen LogP contribution in [0.15, 0.2) is 103 Å². The molecule has 15 amide bonds. The Morgan fingerprint density at radius 1 is 0.527 bits per heavy atom. The fourth-order valence-electron chi connectivity index (χ4n) is 13.3. The number of nitrogens with two attached hydrogens (primary N) is 3. The zero-order valence-corrected chi connectivity index (χ0v) is 70.7. The standard InChI is InChI=1S/C81H97Cl2N19O27/c1-36(21-64(109)110)68-80(127)100-57(26-59(104)45-13-4-7-14-47(45)84)81(128)129-38(3)69(102-77(124)56(30-67(115)116)99-76(123)53(27-60(86)105)97-75(122)52(23-41-32-89-50-16-9-6-12-44(41)50)94-61(106)24-39-18-19-42(82)25-46(39)83)79(126)91-34-62(107)93-51(17-10-20-87-71(118)48(85)22-40-31-88-49-15-8-5-11-43(40)49)73(120)98-55(29-66(113)114)74(121)92-37(2)70(117)96-54(28-65(111)112)72(119)90-33-63(108)95-58(35-103)78(125)101-68/h4-9,11-16,18-19,25,31-32,36-38,48,51-58,68-69,88-89,103H,10,17,20-24,26-30,33-35,84-85H2,1-3H3,(H2,86,105)(H,87,118)(H,90,119)(H,91,126)(H,92,121)(H,93,107)(H,94,106)(H,95,108)(H,96,117)(H,97,122)(H,98,120)(H,99,123)(H,100,127)(H,101,125)(H,102,124)(H,109,110)(H,111,112)(H,113,114)(H,115,116). The number of nitrogens with one attached hydrogen (secondary N) is 16. The summed E-state index contributed by atoms with van der Waals surface area (Å²) in [6, 6.07) is -1.55. The van der Waals surface area contributed by atoms with Gasteiger partial charge in [-0.2, -0.15) is 0 Å². The summed E-state index contributed by atoms with van der Waals surface area (Å²) >= 11 is 12.5. The molecule has 0 saturated carbocycles. The number of ether oxygens (including phenoxy) is 1. The van der Waals surface area contributed by atoms with Gasteiger partial charge in [0.1, 0.15) is 72.6 Å². The summed E-state index contributed by atoms with van der Waals surface area (Å²) in [5.41, 5.74) is 20.2. The molecule has 1 saturated heterocycles. The predicted molar refractivity (Wildman–Crippen MR) is 452 cm³/mol. The third-order valence-corrected chi connectivity index (χ3v) is 20.5. The summed E-state index contributed by atoms with van der Waals surface area (Å²) < 4.78 is 5.73. The van der Waals surface area contributed by atoms with Crippen molar-refractivity contribution in [3.05, 3.63) is 136 Å². The number of para-hydroxylation sites is 3. The molecule has 27 N–H and O–H groups in total. The molecule has 14 unspecified atom stereocenters. The number of ketones is 1. The molecule has 14 atom stereocenters. The summed E-state index contributed by atoms with van der Waals surface area (Å²) in [4.78, 5) is 297. The Bertz CT molecular complexity index is 5260. The molecule has 4 aromatic carbocycles. The van der Waals surface area contributed by atoms with E-state index in [2.05, 4.69) is 68.5 Å². The van der Waals surface area contributed by atoms with E-state index in [0.717, 1.165) is 31.7 Å². The van der Waals surface area contributed by atoms with E-state index in [1.807, 2.05) is 16.0 Å². The number of halogens is 2. The third-order valence-electron chi connectivity index (χ3n) is 19.9. The van der Waals surface area contributed by atoms with Crippen LogP contribution in [0, 0.1) is 5.92 Å². The van der Waals surface area contributed by atoms with Gasteiger partial charge in [-0.1, -0.05) is 84.7 Å². The number of carbonyl (C=O) groups is 21. The number of rotatable bonds is 33. The van der Waals surface area contributed by atoms with Crippen molar-refractivity contribution < 1.29 is 131 Å². The van der Waals surface area contributed by atoms with E-state index in [-0.39, 0.29) is 52.7 Å². The molecule has 1 fully saturated rings. The second-order valence-corrected chi connectivity index (χ2v) is 30.8. The second kappa shape index (κ2) is 48.2. The van der Waals surface area contributed by atoms with E-state index < -0.39 is 280 Å². The van der Waals surface area contributed by atoms with E-state index >= 15 is 9.59 Å². The molecule has 48 heteroatoms. The molecule has 1 aliphatic rings.